The lowest BCUT2D eigenvalue weighted by Crippen LogP contribution is -2.28. The molecule has 1 aromatic carbocycles. The summed E-state index contributed by atoms with van der Waals surface area (Å²) in [5.74, 6) is 1.01. The van der Waals surface area contributed by atoms with Gasteiger partial charge in [0.25, 0.3) is 0 Å². The van der Waals surface area contributed by atoms with Gasteiger partial charge in [-0.3, -0.25) is 4.90 Å². The van der Waals surface area contributed by atoms with Gasteiger partial charge in [-0.25, -0.2) is 0 Å². The van der Waals surface area contributed by atoms with E-state index in [0.717, 1.165) is 18.8 Å². The summed E-state index contributed by atoms with van der Waals surface area (Å²) in [7, 11) is 1.75. The minimum absolute atomic E-state index is 0.367. The van der Waals surface area contributed by atoms with E-state index in [1.54, 1.807) is 7.11 Å². The monoisotopic (exact) mass is 262 g/mol. The Bertz CT molecular complexity index is 406. The number of unbranched alkanes of at least 4 members (excludes halogenated alkanes) is 3. The molecule has 0 aromatic heterocycles. The van der Waals surface area contributed by atoms with Gasteiger partial charge in [0.15, 0.2) is 0 Å². The first-order valence-corrected chi connectivity index (χ1v) is 7.41. The van der Waals surface area contributed by atoms with Gasteiger partial charge in [-0.1, -0.05) is 38.3 Å². The maximum absolute atomic E-state index is 5.98. The first-order chi connectivity index (χ1) is 9.31. The van der Waals surface area contributed by atoms with Crippen molar-refractivity contribution < 1.29 is 4.74 Å². The molecule has 0 amide bonds. The van der Waals surface area contributed by atoms with Crippen LogP contribution in [0.5, 0.6) is 5.75 Å². The van der Waals surface area contributed by atoms with E-state index in [0.29, 0.717) is 12.6 Å². The number of ether oxygens (including phenoxy) is 1. The smallest absolute Gasteiger partial charge is 0.123 e. The lowest BCUT2D eigenvalue weighted by Gasteiger charge is -2.23. The van der Waals surface area contributed by atoms with Gasteiger partial charge in [-0.05, 0) is 24.6 Å². The van der Waals surface area contributed by atoms with E-state index in [2.05, 4.69) is 24.0 Å². The molecule has 1 unspecified atom stereocenters. The average Bonchev–Trinajstić information content (AvgIpc) is 2.80. The minimum Gasteiger partial charge on any atom is -0.496 e. The van der Waals surface area contributed by atoms with E-state index in [1.807, 2.05) is 6.07 Å². The number of nitrogens with two attached hydrogens (primary N) is 1. The molecule has 3 heteroatoms. The molecule has 19 heavy (non-hydrogen) atoms. The van der Waals surface area contributed by atoms with E-state index >= 15 is 0 Å². The summed E-state index contributed by atoms with van der Waals surface area (Å²) in [5, 5.41) is 0. The highest BCUT2D eigenvalue weighted by Gasteiger charge is 2.30. The third kappa shape index (κ3) is 3.10. The molecule has 1 aliphatic rings. The fraction of sp³-hybridized carbons (Fsp3) is 0.625. The molecule has 0 fully saturated rings. The number of rotatable bonds is 7. The van der Waals surface area contributed by atoms with Crippen LogP contribution < -0.4 is 10.5 Å². The van der Waals surface area contributed by atoms with E-state index in [-0.39, 0.29) is 0 Å². The molecule has 0 bridgehead atoms. The molecular weight excluding hydrogens is 236 g/mol. The lowest BCUT2D eigenvalue weighted by atomic mass is 10.0. The van der Waals surface area contributed by atoms with Crippen LogP contribution in [0.25, 0.3) is 0 Å². The Hall–Kier alpha value is -1.06. The number of methoxy groups -OCH3 is 1. The van der Waals surface area contributed by atoms with Crippen molar-refractivity contribution in [2.75, 3.05) is 20.2 Å². The van der Waals surface area contributed by atoms with Crippen LogP contribution in [0.2, 0.25) is 0 Å². The Balaban J connectivity index is 2.05. The molecule has 2 N–H and O–H groups in total. The van der Waals surface area contributed by atoms with Crippen LogP contribution in [0.1, 0.15) is 49.8 Å². The summed E-state index contributed by atoms with van der Waals surface area (Å²) in [6.07, 6.45) is 5.20. The Morgan fingerprint density at radius 2 is 2.16 bits per heavy atom. The van der Waals surface area contributed by atoms with Gasteiger partial charge in [0, 0.05) is 24.7 Å². The molecule has 0 saturated heterocycles. The molecule has 0 spiro atoms. The predicted octanol–water partition coefficient (Wildman–Crippen LogP) is 3.09. The predicted molar refractivity (Wildman–Crippen MR) is 79.3 cm³/mol. The minimum atomic E-state index is 0.367. The molecular formula is C16H26N2O. The number of hydrogen-bond acceptors (Lipinski definition) is 3. The Kier molecular flexibility index (Phi) is 5.23. The van der Waals surface area contributed by atoms with E-state index in [4.69, 9.17) is 10.5 Å². The maximum atomic E-state index is 5.98. The quantitative estimate of drug-likeness (QED) is 0.767. The van der Waals surface area contributed by atoms with Gasteiger partial charge in [0.05, 0.1) is 7.11 Å². The van der Waals surface area contributed by atoms with Crippen LogP contribution in [0.4, 0.5) is 0 Å². The van der Waals surface area contributed by atoms with Crippen molar-refractivity contribution in [1.82, 2.24) is 4.90 Å². The summed E-state index contributed by atoms with van der Waals surface area (Å²) in [6.45, 7) is 5.06. The SMILES string of the molecule is CCCCCCN1Cc2c(OC)cccc2C1CN. The van der Waals surface area contributed by atoms with E-state index < -0.39 is 0 Å². The van der Waals surface area contributed by atoms with Crippen molar-refractivity contribution in [2.45, 2.75) is 45.2 Å². The molecule has 0 saturated carbocycles. The first-order valence-electron chi connectivity index (χ1n) is 7.41. The highest BCUT2D eigenvalue weighted by atomic mass is 16.5. The highest BCUT2D eigenvalue weighted by Crippen LogP contribution is 2.38. The normalized spacial score (nSPS) is 18.6. The highest BCUT2D eigenvalue weighted by molar-refractivity contribution is 5.44. The van der Waals surface area contributed by atoms with Crippen molar-refractivity contribution in [1.29, 1.82) is 0 Å². The molecule has 1 atom stereocenters. The van der Waals surface area contributed by atoms with Crippen LogP contribution in [-0.4, -0.2) is 25.1 Å². The molecule has 3 nitrogen and oxygen atoms in total. The zero-order chi connectivity index (χ0) is 13.7. The number of hydrogen-bond donors (Lipinski definition) is 1. The Morgan fingerprint density at radius 3 is 2.84 bits per heavy atom. The molecule has 0 radical (unpaired) electrons. The van der Waals surface area contributed by atoms with Gasteiger partial charge in [-0.2, -0.15) is 0 Å². The largest absolute Gasteiger partial charge is 0.496 e. The topological polar surface area (TPSA) is 38.5 Å². The van der Waals surface area contributed by atoms with E-state index in [1.165, 1.54) is 36.8 Å². The Labute approximate surface area is 116 Å². The Morgan fingerprint density at radius 1 is 1.32 bits per heavy atom. The number of nitrogens with zero attached hydrogens (tertiary/aromatic N) is 1. The molecule has 1 aliphatic heterocycles. The van der Waals surface area contributed by atoms with Crippen molar-refractivity contribution in [3.8, 4) is 5.75 Å². The van der Waals surface area contributed by atoms with Crippen LogP contribution in [-0.2, 0) is 6.54 Å². The van der Waals surface area contributed by atoms with Crippen LogP contribution in [0, 0.1) is 0 Å². The number of benzene rings is 1. The van der Waals surface area contributed by atoms with Gasteiger partial charge in [0.2, 0.25) is 0 Å². The summed E-state index contributed by atoms with van der Waals surface area (Å²) >= 11 is 0. The van der Waals surface area contributed by atoms with E-state index in [9.17, 15) is 0 Å². The van der Waals surface area contributed by atoms with Crippen molar-refractivity contribution >= 4 is 0 Å². The fourth-order valence-electron chi connectivity index (χ4n) is 3.02. The molecule has 2 rings (SSSR count). The summed E-state index contributed by atoms with van der Waals surface area (Å²) < 4.78 is 5.47. The maximum Gasteiger partial charge on any atom is 0.123 e. The zero-order valence-electron chi connectivity index (χ0n) is 12.2. The molecule has 1 heterocycles. The number of fused-ring (bicyclic) bond motifs is 1. The van der Waals surface area contributed by atoms with Gasteiger partial charge < -0.3 is 10.5 Å². The second-order valence-electron chi connectivity index (χ2n) is 5.31. The first kappa shape index (κ1) is 14.4. The zero-order valence-corrected chi connectivity index (χ0v) is 12.2. The van der Waals surface area contributed by atoms with Crippen LogP contribution >= 0.6 is 0 Å². The molecule has 1 aromatic rings. The third-order valence-electron chi connectivity index (χ3n) is 4.07. The molecule has 106 valence electrons. The van der Waals surface area contributed by atoms with Crippen molar-refractivity contribution in [2.24, 2.45) is 5.73 Å². The van der Waals surface area contributed by atoms with Crippen LogP contribution in [0.3, 0.4) is 0 Å². The van der Waals surface area contributed by atoms with Gasteiger partial charge in [0.1, 0.15) is 5.75 Å². The van der Waals surface area contributed by atoms with Gasteiger partial charge >= 0.3 is 0 Å². The summed E-state index contributed by atoms with van der Waals surface area (Å²) in [5.41, 5.74) is 8.67. The lowest BCUT2D eigenvalue weighted by molar-refractivity contribution is 0.214. The third-order valence-corrected chi connectivity index (χ3v) is 4.07. The fourth-order valence-corrected chi connectivity index (χ4v) is 3.02. The standard InChI is InChI=1S/C16H26N2O/c1-3-4-5-6-10-18-12-14-13(15(18)11-17)8-7-9-16(14)19-2/h7-9,15H,3-6,10-12,17H2,1-2H3. The van der Waals surface area contributed by atoms with Crippen molar-refractivity contribution in [3.63, 3.8) is 0 Å². The average molecular weight is 262 g/mol. The summed E-state index contributed by atoms with van der Waals surface area (Å²) in [6, 6.07) is 6.68. The van der Waals surface area contributed by atoms with Crippen LogP contribution in [0.15, 0.2) is 18.2 Å². The summed E-state index contributed by atoms with van der Waals surface area (Å²) in [4.78, 5) is 2.50. The second kappa shape index (κ2) is 6.92. The van der Waals surface area contributed by atoms with Crippen molar-refractivity contribution in [3.05, 3.63) is 29.3 Å². The van der Waals surface area contributed by atoms with Gasteiger partial charge in [-0.15, -0.1) is 0 Å². The molecule has 0 aliphatic carbocycles. The second-order valence-corrected chi connectivity index (χ2v) is 5.31.